The van der Waals surface area contributed by atoms with Gasteiger partial charge in [-0.25, -0.2) is 4.52 Å². The Labute approximate surface area is 123 Å². The molecule has 1 aliphatic carbocycles. The molecule has 0 fully saturated rings. The predicted molar refractivity (Wildman–Crippen MR) is 84.2 cm³/mol. The zero-order chi connectivity index (χ0) is 14.4. The molecule has 0 saturated carbocycles. The number of pyridine rings is 1. The molecule has 2 N–H and O–H groups in total. The number of rotatable bonds is 1. The van der Waals surface area contributed by atoms with E-state index in [1.807, 2.05) is 12.3 Å². The molecule has 0 amide bonds. The summed E-state index contributed by atoms with van der Waals surface area (Å²) < 4.78 is 1.76. The van der Waals surface area contributed by atoms with E-state index in [9.17, 15) is 0 Å². The van der Waals surface area contributed by atoms with Crippen LogP contribution >= 0.6 is 0 Å². The van der Waals surface area contributed by atoms with Crippen molar-refractivity contribution in [1.29, 1.82) is 0 Å². The molecular weight excluding hydrogens is 260 g/mol. The van der Waals surface area contributed by atoms with Crippen LogP contribution in [0.4, 0.5) is 5.95 Å². The first-order chi connectivity index (χ1) is 10.2. The summed E-state index contributed by atoms with van der Waals surface area (Å²) >= 11 is 0. The highest BCUT2D eigenvalue weighted by Crippen LogP contribution is 2.29. The lowest BCUT2D eigenvalue weighted by Gasteiger charge is -2.17. The first kappa shape index (κ1) is 12.4. The normalized spacial score (nSPS) is 14.3. The first-order valence-electron chi connectivity index (χ1n) is 7.45. The Bertz CT molecular complexity index is 832. The summed E-state index contributed by atoms with van der Waals surface area (Å²) in [6.45, 7) is 2.11. The number of aromatic nitrogens is 3. The summed E-state index contributed by atoms with van der Waals surface area (Å²) in [7, 11) is 0. The van der Waals surface area contributed by atoms with Gasteiger partial charge in [0.2, 0.25) is 5.95 Å². The molecule has 3 aromatic rings. The standard InChI is InChI=1S/C17H18N4/c1-11-8-16-19-17(18)20-21(16)10-15(11)14-7-6-12-4-2-3-5-13(12)9-14/h6-10H,2-5H2,1H3,(H2,18,20). The summed E-state index contributed by atoms with van der Waals surface area (Å²) in [5, 5.41) is 4.21. The van der Waals surface area contributed by atoms with Gasteiger partial charge in [0, 0.05) is 11.8 Å². The number of aryl methyl sites for hydroxylation is 3. The van der Waals surface area contributed by atoms with E-state index in [2.05, 4.69) is 35.2 Å². The molecule has 4 rings (SSSR count). The van der Waals surface area contributed by atoms with Crippen LogP contribution < -0.4 is 5.73 Å². The van der Waals surface area contributed by atoms with Gasteiger partial charge in [-0.1, -0.05) is 18.2 Å². The molecule has 106 valence electrons. The van der Waals surface area contributed by atoms with E-state index in [4.69, 9.17) is 5.73 Å². The number of nitrogen functional groups attached to an aromatic ring is 1. The fraction of sp³-hybridized carbons (Fsp3) is 0.294. The molecule has 0 saturated heterocycles. The van der Waals surface area contributed by atoms with Crippen LogP contribution in [0.1, 0.15) is 29.5 Å². The van der Waals surface area contributed by atoms with Crippen molar-refractivity contribution in [1.82, 2.24) is 14.6 Å². The van der Waals surface area contributed by atoms with Crippen LogP contribution in [-0.2, 0) is 12.8 Å². The SMILES string of the molecule is Cc1cc2nc(N)nn2cc1-c1ccc2c(c1)CCCC2. The smallest absolute Gasteiger partial charge is 0.240 e. The van der Waals surface area contributed by atoms with Crippen LogP contribution in [-0.4, -0.2) is 14.6 Å². The van der Waals surface area contributed by atoms with Crippen LogP contribution in [0.3, 0.4) is 0 Å². The molecular formula is C17H18N4. The second kappa shape index (κ2) is 4.58. The second-order valence-electron chi connectivity index (χ2n) is 5.83. The van der Waals surface area contributed by atoms with Crippen molar-refractivity contribution in [2.24, 2.45) is 0 Å². The molecule has 0 bridgehead atoms. The molecule has 0 spiro atoms. The summed E-state index contributed by atoms with van der Waals surface area (Å²) in [5.41, 5.74) is 13.1. The Morgan fingerprint density at radius 1 is 1.10 bits per heavy atom. The number of fused-ring (bicyclic) bond motifs is 2. The Morgan fingerprint density at radius 3 is 2.76 bits per heavy atom. The van der Waals surface area contributed by atoms with Crippen LogP contribution in [0.5, 0.6) is 0 Å². The number of anilines is 1. The Morgan fingerprint density at radius 2 is 1.90 bits per heavy atom. The topological polar surface area (TPSA) is 56.2 Å². The molecule has 1 aliphatic rings. The minimum atomic E-state index is 0.317. The average Bonchev–Trinajstić information content (AvgIpc) is 2.85. The third-order valence-corrected chi connectivity index (χ3v) is 4.36. The van der Waals surface area contributed by atoms with Gasteiger partial charge in [-0.3, -0.25) is 0 Å². The summed E-state index contributed by atoms with van der Waals surface area (Å²) in [5.74, 6) is 0.317. The maximum absolute atomic E-state index is 5.68. The van der Waals surface area contributed by atoms with E-state index in [1.165, 1.54) is 53.5 Å². The molecule has 21 heavy (non-hydrogen) atoms. The second-order valence-corrected chi connectivity index (χ2v) is 5.83. The summed E-state index contributed by atoms with van der Waals surface area (Å²) in [6.07, 6.45) is 7.05. The van der Waals surface area contributed by atoms with Gasteiger partial charge in [0.05, 0.1) is 0 Å². The Balaban J connectivity index is 1.87. The van der Waals surface area contributed by atoms with Gasteiger partial charge in [0.1, 0.15) is 0 Å². The van der Waals surface area contributed by atoms with E-state index < -0.39 is 0 Å². The quantitative estimate of drug-likeness (QED) is 0.744. The Hall–Kier alpha value is -2.36. The molecule has 0 unspecified atom stereocenters. The lowest BCUT2D eigenvalue weighted by molar-refractivity contribution is 0.686. The molecule has 1 aromatic carbocycles. The molecule has 2 heterocycles. The molecule has 4 nitrogen and oxygen atoms in total. The van der Waals surface area contributed by atoms with Gasteiger partial charge in [-0.05, 0) is 60.9 Å². The molecule has 2 aromatic heterocycles. The van der Waals surface area contributed by atoms with E-state index in [0.29, 0.717) is 5.95 Å². The molecule has 0 radical (unpaired) electrons. The lowest BCUT2D eigenvalue weighted by Crippen LogP contribution is -2.02. The Kier molecular flexibility index (Phi) is 2.70. The highest BCUT2D eigenvalue weighted by molar-refractivity contribution is 5.70. The molecule has 0 aliphatic heterocycles. The minimum Gasteiger partial charge on any atom is -0.366 e. The van der Waals surface area contributed by atoms with Crippen LogP contribution in [0.2, 0.25) is 0 Å². The van der Waals surface area contributed by atoms with E-state index in [0.717, 1.165) is 5.65 Å². The third-order valence-electron chi connectivity index (χ3n) is 4.36. The van der Waals surface area contributed by atoms with E-state index >= 15 is 0 Å². The van der Waals surface area contributed by atoms with Crippen LogP contribution in [0.15, 0.2) is 30.5 Å². The van der Waals surface area contributed by atoms with Gasteiger partial charge >= 0.3 is 0 Å². The number of nitrogens with zero attached hydrogens (tertiary/aromatic N) is 3. The minimum absolute atomic E-state index is 0.317. The monoisotopic (exact) mass is 278 g/mol. The van der Waals surface area contributed by atoms with Crippen molar-refractivity contribution in [2.75, 3.05) is 5.73 Å². The maximum atomic E-state index is 5.68. The lowest BCUT2D eigenvalue weighted by atomic mass is 9.89. The van der Waals surface area contributed by atoms with Gasteiger partial charge in [0.15, 0.2) is 5.65 Å². The van der Waals surface area contributed by atoms with Crippen molar-refractivity contribution in [2.45, 2.75) is 32.6 Å². The van der Waals surface area contributed by atoms with Crippen LogP contribution in [0.25, 0.3) is 16.8 Å². The number of hydrogen-bond donors (Lipinski definition) is 1. The van der Waals surface area contributed by atoms with Crippen molar-refractivity contribution in [3.63, 3.8) is 0 Å². The van der Waals surface area contributed by atoms with E-state index in [-0.39, 0.29) is 0 Å². The fourth-order valence-corrected chi connectivity index (χ4v) is 3.24. The maximum Gasteiger partial charge on any atom is 0.240 e. The third kappa shape index (κ3) is 2.07. The largest absolute Gasteiger partial charge is 0.366 e. The fourth-order valence-electron chi connectivity index (χ4n) is 3.24. The van der Waals surface area contributed by atoms with Gasteiger partial charge in [-0.2, -0.15) is 4.98 Å². The number of hydrogen-bond acceptors (Lipinski definition) is 3. The predicted octanol–water partition coefficient (Wildman–Crippen LogP) is 3.17. The molecule has 0 atom stereocenters. The highest BCUT2D eigenvalue weighted by Gasteiger charge is 2.12. The zero-order valence-corrected chi connectivity index (χ0v) is 12.1. The number of benzene rings is 1. The van der Waals surface area contributed by atoms with Crippen molar-refractivity contribution < 1.29 is 0 Å². The van der Waals surface area contributed by atoms with Crippen molar-refractivity contribution >= 4 is 11.6 Å². The first-order valence-corrected chi connectivity index (χ1v) is 7.45. The summed E-state index contributed by atoms with van der Waals surface area (Å²) in [6, 6.07) is 8.88. The van der Waals surface area contributed by atoms with Gasteiger partial charge in [0.25, 0.3) is 0 Å². The van der Waals surface area contributed by atoms with Gasteiger partial charge in [-0.15, -0.1) is 5.10 Å². The van der Waals surface area contributed by atoms with Crippen molar-refractivity contribution in [3.8, 4) is 11.1 Å². The van der Waals surface area contributed by atoms with E-state index in [1.54, 1.807) is 4.52 Å². The molecule has 4 heteroatoms. The van der Waals surface area contributed by atoms with Crippen molar-refractivity contribution in [3.05, 3.63) is 47.2 Å². The average molecular weight is 278 g/mol. The zero-order valence-electron chi connectivity index (χ0n) is 12.1. The summed E-state index contributed by atoms with van der Waals surface area (Å²) in [4.78, 5) is 4.21. The van der Waals surface area contributed by atoms with Gasteiger partial charge < -0.3 is 5.73 Å². The van der Waals surface area contributed by atoms with Crippen LogP contribution in [0, 0.1) is 6.92 Å². The number of nitrogens with two attached hydrogens (primary N) is 1. The highest BCUT2D eigenvalue weighted by atomic mass is 15.3.